The van der Waals surface area contributed by atoms with Gasteiger partial charge >= 0.3 is 5.97 Å². The van der Waals surface area contributed by atoms with Gasteiger partial charge in [-0.1, -0.05) is 76.9 Å². The first kappa shape index (κ1) is 32.4. The standard InChI is InChI=1S/C34H63NO2/c1-6-7-8-9-10-11-12-13-14-15-16-17-18-19-20-21-28-35-33(2,3)27-26-31(34(35,4)5)29-22-24-30(25-23-29)32(36)37/h13-14,29-31H,6-12,15-28H2,1-5H3,(H,36,37). The maximum absolute atomic E-state index is 11.4. The molecule has 3 heteroatoms. The second-order valence-electron chi connectivity index (χ2n) is 13.7. The van der Waals surface area contributed by atoms with Gasteiger partial charge in [0.25, 0.3) is 0 Å². The quantitative estimate of drug-likeness (QED) is 0.145. The lowest BCUT2D eigenvalue weighted by Crippen LogP contribution is -2.63. The minimum absolute atomic E-state index is 0.100. The van der Waals surface area contributed by atoms with Crippen molar-refractivity contribution in [3.8, 4) is 0 Å². The Morgan fingerprint density at radius 2 is 1.27 bits per heavy atom. The number of unbranched alkanes of at least 4 members (excludes halogenated alkanes) is 12. The van der Waals surface area contributed by atoms with Crippen LogP contribution < -0.4 is 0 Å². The number of carboxylic acid groups (broad SMARTS) is 1. The highest BCUT2D eigenvalue weighted by Crippen LogP contribution is 2.49. The lowest BCUT2D eigenvalue weighted by molar-refractivity contribution is -0.144. The summed E-state index contributed by atoms with van der Waals surface area (Å²) in [4.78, 5) is 14.3. The van der Waals surface area contributed by atoms with Crippen LogP contribution in [-0.4, -0.2) is 33.6 Å². The fourth-order valence-corrected chi connectivity index (χ4v) is 7.67. The summed E-state index contributed by atoms with van der Waals surface area (Å²) in [6, 6.07) is 0. The Balaban J connectivity index is 1.60. The molecule has 1 aliphatic heterocycles. The second kappa shape index (κ2) is 17.0. The maximum Gasteiger partial charge on any atom is 0.306 e. The van der Waals surface area contributed by atoms with Gasteiger partial charge in [0.05, 0.1) is 5.92 Å². The summed E-state index contributed by atoms with van der Waals surface area (Å²) in [6.45, 7) is 13.4. The van der Waals surface area contributed by atoms with E-state index >= 15 is 0 Å². The molecule has 2 aliphatic rings. The van der Waals surface area contributed by atoms with Crippen molar-refractivity contribution in [3.63, 3.8) is 0 Å². The second-order valence-corrected chi connectivity index (χ2v) is 13.7. The molecule has 3 nitrogen and oxygen atoms in total. The molecular weight excluding hydrogens is 454 g/mol. The van der Waals surface area contributed by atoms with E-state index in [1.54, 1.807) is 0 Å². The summed E-state index contributed by atoms with van der Waals surface area (Å²) >= 11 is 0. The highest BCUT2D eigenvalue weighted by molar-refractivity contribution is 5.70. The topological polar surface area (TPSA) is 40.5 Å². The molecule has 2 rings (SSSR count). The summed E-state index contributed by atoms with van der Waals surface area (Å²) < 4.78 is 0. The normalized spacial score (nSPS) is 26.0. The Hall–Kier alpha value is -0.830. The molecule has 0 aromatic rings. The average Bonchev–Trinajstić information content (AvgIpc) is 2.85. The van der Waals surface area contributed by atoms with Crippen LogP contribution in [0.25, 0.3) is 0 Å². The van der Waals surface area contributed by atoms with Crippen molar-refractivity contribution >= 4 is 5.97 Å². The minimum atomic E-state index is -0.580. The van der Waals surface area contributed by atoms with Gasteiger partial charge in [-0.15, -0.1) is 0 Å². The largest absolute Gasteiger partial charge is 0.481 e. The third-order valence-corrected chi connectivity index (χ3v) is 9.98. The predicted molar refractivity (Wildman–Crippen MR) is 160 cm³/mol. The summed E-state index contributed by atoms with van der Waals surface area (Å²) in [6.07, 6.45) is 30.4. The molecule has 37 heavy (non-hydrogen) atoms. The van der Waals surface area contributed by atoms with Gasteiger partial charge in [-0.05, 0) is 117 Å². The molecular formula is C34H63NO2. The van der Waals surface area contributed by atoms with E-state index in [-0.39, 0.29) is 17.0 Å². The van der Waals surface area contributed by atoms with Gasteiger partial charge in [0.1, 0.15) is 0 Å². The highest BCUT2D eigenvalue weighted by atomic mass is 16.4. The molecule has 216 valence electrons. The Bertz CT molecular complexity index is 644. The van der Waals surface area contributed by atoms with Gasteiger partial charge in [0, 0.05) is 11.1 Å². The van der Waals surface area contributed by atoms with Crippen LogP contribution in [0.4, 0.5) is 0 Å². The zero-order valence-electron chi connectivity index (χ0n) is 25.5. The third kappa shape index (κ3) is 11.1. The molecule has 1 heterocycles. The molecule has 1 atom stereocenters. The lowest BCUT2D eigenvalue weighted by atomic mass is 9.63. The molecule has 1 N–H and O–H groups in total. The van der Waals surface area contributed by atoms with Gasteiger partial charge in [-0.2, -0.15) is 0 Å². The van der Waals surface area contributed by atoms with Crippen LogP contribution in [-0.2, 0) is 4.79 Å². The van der Waals surface area contributed by atoms with Crippen molar-refractivity contribution in [1.29, 1.82) is 0 Å². The van der Waals surface area contributed by atoms with Crippen LogP contribution >= 0.6 is 0 Å². The first-order valence-corrected chi connectivity index (χ1v) is 16.4. The smallest absolute Gasteiger partial charge is 0.306 e. The number of nitrogens with zero attached hydrogens (tertiary/aromatic N) is 1. The van der Waals surface area contributed by atoms with Gasteiger partial charge < -0.3 is 5.11 Å². The molecule has 2 fully saturated rings. The zero-order chi connectivity index (χ0) is 27.2. The van der Waals surface area contributed by atoms with E-state index < -0.39 is 5.97 Å². The van der Waals surface area contributed by atoms with Gasteiger partial charge in [0.15, 0.2) is 0 Å². The summed E-state index contributed by atoms with van der Waals surface area (Å²) in [7, 11) is 0. The van der Waals surface area contributed by atoms with Crippen molar-refractivity contribution in [2.45, 2.75) is 174 Å². The Morgan fingerprint density at radius 3 is 1.81 bits per heavy atom. The van der Waals surface area contributed by atoms with E-state index in [0.717, 1.165) is 25.7 Å². The summed E-state index contributed by atoms with van der Waals surface area (Å²) in [5.41, 5.74) is 0.463. The number of hydrogen-bond acceptors (Lipinski definition) is 2. The fourth-order valence-electron chi connectivity index (χ4n) is 7.67. The molecule has 0 spiro atoms. The molecule has 1 unspecified atom stereocenters. The van der Waals surface area contributed by atoms with Gasteiger partial charge in [-0.25, -0.2) is 0 Å². The molecule has 0 aromatic heterocycles. The molecule has 1 saturated carbocycles. The first-order valence-electron chi connectivity index (χ1n) is 16.4. The average molecular weight is 518 g/mol. The van der Waals surface area contributed by atoms with E-state index in [1.165, 1.54) is 109 Å². The Morgan fingerprint density at radius 1 is 0.757 bits per heavy atom. The highest BCUT2D eigenvalue weighted by Gasteiger charge is 2.49. The molecule has 0 amide bonds. The molecule has 0 aromatic carbocycles. The van der Waals surface area contributed by atoms with E-state index in [0.29, 0.717) is 11.8 Å². The maximum atomic E-state index is 11.4. The Labute approximate surface area is 231 Å². The summed E-state index contributed by atoms with van der Waals surface area (Å²) in [5.74, 6) is 0.717. The van der Waals surface area contributed by atoms with Crippen LogP contribution in [0, 0.1) is 17.8 Å². The zero-order valence-corrected chi connectivity index (χ0v) is 25.5. The lowest BCUT2D eigenvalue weighted by Gasteiger charge is -2.59. The van der Waals surface area contributed by atoms with Crippen LogP contribution in [0.2, 0.25) is 0 Å². The van der Waals surface area contributed by atoms with Crippen molar-refractivity contribution in [3.05, 3.63) is 12.2 Å². The molecule has 0 bridgehead atoms. The fraction of sp³-hybridized carbons (Fsp3) is 0.912. The SMILES string of the molecule is CCCCCCCCC=CCCCCCCCCN1C(C)(C)CCC(C2CCC(C(=O)O)CC2)C1(C)C. The van der Waals surface area contributed by atoms with Crippen LogP contribution in [0.15, 0.2) is 12.2 Å². The monoisotopic (exact) mass is 517 g/mol. The number of hydrogen-bond donors (Lipinski definition) is 1. The van der Waals surface area contributed by atoms with Crippen molar-refractivity contribution in [2.24, 2.45) is 17.8 Å². The number of likely N-dealkylation sites (tertiary alicyclic amines) is 1. The van der Waals surface area contributed by atoms with Crippen molar-refractivity contribution in [1.82, 2.24) is 4.90 Å². The van der Waals surface area contributed by atoms with Crippen LogP contribution in [0.3, 0.4) is 0 Å². The van der Waals surface area contributed by atoms with E-state index in [9.17, 15) is 9.90 Å². The van der Waals surface area contributed by atoms with E-state index in [2.05, 4.69) is 51.7 Å². The van der Waals surface area contributed by atoms with Crippen LogP contribution in [0.1, 0.15) is 163 Å². The third-order valence-electron chi connectivity index (χ3n) is 9.98. The van der Waals surface area contributed by atoms with Gasteiger partial charge in [-0.3, -0.25) is 9.69 Å². The van der Waals surface area contributed by atoms with E-state index in [4.69, 9.17) is 0 Å². The number of rotatable bonds is 18. The predicted octanol–water partition coefficient (Wildman–Crippen LogP) is 10.2. The number of allylic oxidation sites excluding steroid dienone is 2. The number of carbonyl (C=O) groups is 1. The summed E-state index contributed by atoms with van der Waals surface area (Å²) in [5, 5.41) is 9.41. The number of aliphatic carboxylic acids is 1. The van der Waals surface area contributed by atoms with Crippen LogP contribution in [0.5, 0.6) is 0 Å². The molecule has 1 aliphatic carbocycles. The minimum Gasteiger partial charge on any atom is -0.481 e. The van der Waals surface area contributed by atoms with Gasteiger partial charge in [0.2, 0.25) is 0 Å². The van der Waals surface area contributed by atoms with Crippen molar-refractivity contribution in [2.75, 3.05) is 6.54 Å². The number of piperidine rings is 1. The van der Waals surface area contributed by atoms with E-state index in [1.807, 2.05) is 0 Å². The number of carboxylic acids is 1. The first-order chi connectivity index (χ1) is 17.7. The molecule has 1 saturated heterocycles. The molecule has 0 radical (unpaired) electrons. The van der Waals surface area contributed by atoms with Crippen molar-refractivity contribution < 1.29 is 9.90 Å². The Kier molecular flexibility index (Phi) is 14.9.